The van der Waals surface area contributed by atoms with E-state index in [9.17, 15) is 0 Å². The lowest BCUT2D eigenvalue weighted by molar-refractivity contribution is 0.279. The molecule has 72 valence electrons. The molecule has 0 aromatic heterocycles. The molecule has 2 rings (SSSR count). The fourth-order valence-corrected chi connectivity index (χ4v) is 1.85. The Morgan fingerprint density at radius 3 is 2.43 bits per heavy atom. The highest BCUT2D eigenvalue weighted by molar-refractivity contribution is 5.30. The zero-order valence-corrected chi connectivity index (χ0v) is 7.98. The van der Waals surface area contributed by atoms with E-state index in [0.29, 0.717) is 6.54 Å². The van der Waals surface area contributed by atoms with Gasteiger partial charge in [-0.05, 0) is 11.1 Å². The molecule has 2 N–H and O–H groups in total. The van der Waals surface area contributed by atoms with Gasteiger partial charge in [0.25, 0.3) is 0 Å². The molecule has 1 heterocycles. The van der Waals surface area contributed by atoms with E-state index in [0.717, 1.165) is 13.1 Å². The second-order valence-corrected chi connectivity index (χ2v) is 3.67. The first-order valence-electron chi connectivity index (χ1n) is 4.74. The Hall–Kier alpha value is -1.37. The molecule has 3 nitrogen and oxygen atoms in total. The zero-order valence-electron chi connectivity index (χ0n) is 7.98. The van der Waals surface area contributed by atoms with Crippen LogP contribution in [-0.2, 0) is 13.1 Å². The largest absolute Gasteiger partial charge is 0.315 e. The molecule has 3 heteroatoms. The molecule has 1 aromatic rings. The van der Waals surface area contributed by atoms with Gasteiger partial charge in [-0.1, -0.05) is 24.3 Å². The second-order valence-electron chi connectivity index (χ2n) is 3.67. The highest BCUT2D eigenvalue weighted by Gasteiger charge is 2.19. The minimum absolute atomic E-state index is 0.371. The maximum absolute atomic E-state index is 8.61. The summed E-state index contributed by atoms with van der Waals surface area (Å²) in [7, 11) is 0. The first kappa shape index (κ1) is 9.20. The van der Waals surface area contributed by atoms with Crippen LogP contribution in [0.3, 0.4) is 0 Å². The van der Waals surface area contributed by atoms with Gasteiger partial charge in [0.2, 0.25) is 0 Å². The quantitative estimate of drug-likeness (QED) is 0.747. The van der Waals surface area contributed by atoms with Crippen molar-refractivity contribution in [1.82, 2.24) is 4.90 Å². The predicted molar refractivity (Wildman–Crippen MR) is 54.1 cm³/mol. The summed E-state index contributed by atoms with van der Waals surface area (Å²) < 4.78 is 0. The van der Waals surface area contributed by atoms with Crippen molar-refractivity contribution >= 4 is 0 Å². The van der Waals surface area contributed by atoms with Crippen LogP contribution in [0.1, 0.15) is 11.1 Å². The van der Waals surface area contributed by atoms with E-state index in [1.165, 1.54) is 11.1 Å². The van der Waals surface area contributed by atoms with E-state index in [1.54, 1.807) is 0 Å². The van der Waals surface area contributed by atoms with Crippen LogP contribution < -0.4 is 5.73 Å². The molecule has 1 aliphatic heterocycles. The van der Waals surface area contributed by atoms with Crippen molar-refractivity contribution in [2.24, 2.45) is 5.73 Å². The normalized spacial score (nSPS) is 17.4. The van der Waals surface area contributed by atoms with Crippen LogP contribution >= 0.6 is 0 Å². The third-order valence-corrected chi connectivity index (χ3v) is 2.53. The van der Waals surface area contributed by atoms with Gasteiger partial charge >= 0.3 is 0 Å². The van der Waals surface area contributed by atoms with Crippen molar-refractivity contribution in [1.29, 1.82) is 5.26 Å². The Balaban J connectivity index is 2.02. The zero-order chi connectivity index (χ0) is 9.97. The Kier molecular flexibility index (Phi) is 2.49. The van der Waals surface area contributed by atoms with Crippen molar-refractivity contribution in [2.45, 2.75) is 19.1 Å². The maximum Gasteiger partial charge on any atom is 0.106 e. The summed E-state index contributed by atoms with van der Waals surface area (Å²) >= 11 is 0. The summed E-state index contributed by atoms with van der Waals surface area (Å²) in [5.74, 6) is 0. The Morgan fingerprint density at radius 1 is 1.36 bits per heavy atom. The minimum atomic E-state index is -0.371. The second kappa shape index (κ2) is 3.79. The number of nitrogens with zero attached hydrogens (tertiary/aromatic N) is 2. The van der Waals surface area contributed by atoms with Gasteiger partial charge in [0.05, 0.1) is 6.07 Å². The molecule has 1 unspecified atom stereocenters. The fourth-order valence-electron chi connectivity index (χ4n) is 1.85. The molecule has 0 saturated carbocycles. The lowest BCUT2D eigenvalue weighted by Crippen LogP contribution is -2.33. The summed E-state index contributed by atoms with van der Waals surface area (Å²) in [5, 5.41) is 8.61. The molecule has 14 heavy (non-hydrogen) atoms. The fraction of sp³-hybridized carbons (Fsp3) is 0.364. The van der Waals surface area contributed by atoms with Gasteiger partial charge in [0.1, 0.15) is 6.04 Å². The first-order chi connectivity index (χ1) is 6.79. The first-order valence-corrected chi connectivity index (χ1v) is 4.74. The van der Waals surface area contributed by atoms with E-state index in [4.69, 9.17) is 11.0 Å². The summed E-state index contributed by atoms with van der Waals surface area (Å²) in [6.07, 6.45) is 0. The molecule has 0 spiro atoms. The SMILES string of the molecule is N#CC(N)CN1Cc2ccccc2C1. The molecule has 0 radical (unpaired) electrons. The van der Waals surface area contributed by atoms with Crippen molar-refractivity contribution in [3.8, 4) is 6.07 Å². The van der Waals surface area contributed by atoms with Gasteiger partial charge in [-0.15, -0.1) is 0 Å². The van der Waals surface area contributed by atoms with Crippen molar-refractivity contribution < 1.29 is 0 Å². The Labute approximate surface area is 83.7 Å². The number of fused-ring (bicyclic) bond motifs is 1. The highest BCUT2D eigenvalue weighted by atomic mass is 15.1. The van der Waals surface area contributed by atoms with E-state index >= 15 is 0 Å². The highest BCUT2D eigenvalue weighted by Crippen LogP contribution is 2.21. The van der Waals surface area contributed by atoms with E-state index in [1.807, 2.05) is 12.1 Å². The van der Waals surface area contributed by atoms with E-state index in [-0.39, 0.29) is 6.04 Å². The van der Waals surface area contributed by atoms with E-state index in [2.05, 4.69) is 23.1 Å². The van der Waals surface area contributed by atoms with Gasteiger partial charge in [0, 0.05) is 19.6 Å². The van der Waals surface area contributed by atoms with Crippen LogP contribution in [0.2, 0.25) is 0 Å². The maximum atomic E-state index is 8.61. The molecule has 0 saturated heterocycles. The van der Waals surface area contributed by atoms with Crippen LogP contribution in [0.5, 0.6) is 0 Å². The van der Waals surface area contributed by atoms with Gasteiger partial charge < -0.3 is 5.73 Å². The van der Waals surface area contributed by atoms with E-state index < -0.39 is 0 Å². The van der Waals surface area contributed by atoms with Gasteiger partial charge in [-0.25, -0.2) is 0 Å². The lowest BCUT2D eigenvalue weighted by atomic mass is 10.1. The molecule has 0 amide bonds. The molecular weight excluding hydrogens is 174 g/mol. The number of nitriles is 1. The summed E-state index contributed by atoms with van der Waals surface area (Å²) in [4.78, 5) is 2.21. The molecule has 0 bridgehead atoms. The smallest absolute Gasteiger partial charge is 0.106 e. The minimum Gasteiger partial charge on any atom is -0.315 e. The third-order valence-electron chi connectivity index (χ3n) is 2.53. The standard InChI is InChI=1S/C11H13N3/c12-5-11(13)8-14-6-9-3-1-2-4-10(9)7-14/h1-4,11H,6-8,13H2. The molecule has 1 aliphatic rings. The summed E-state index contributed by atoms with van der Waals surface area (Å²) in [5.41, 5.74) is 8.30. The molecule has 0 fully saturated rings. The molecular formula is C11H13N3. The summed E-state index contributed by atoms with van der Waals surface area (Å²) in [6.45, 7) is 2.50. The summed E-state index contributed by atoms with van der Waals surface area (Å²) in [6, 6.07) is 10.0. The lowest BCUT2D eigenvalue weighted by Gasteiger charge is -2.15. The molecule has 0 aliphatic carbocycles. The molecule has 1 aromatic carbocycles. The van der Waals surface area contributed by atoms with Gasteiger partial charge in [0.15, 0.2) is 0 Å². The predicted octanol–water partition coefficient (Wildman–Crippen LogP) is 0.853. The average Bonchev–Trinajstić information content (AvgIpc) is 2.59. The number of nitrogens with two attached hydrogens (primary N) is 1. The van der Waals surface area contributed by atoms with Gasteiger partial charge in [-0.3, -0.25) is 4.90 Å². The van der Waals surface area contributed by atoms with Crippen molar-refractivity contribution in [3.05, 3.63) is 35.4 Å². The van der Waals surface area contributed by atoms with Crippen LogP contribution in [0.15, 0.2) is 24.3 Å². The van der Waals surface area contributed by atoms with Crippen LogP contribution in [0.4, 0.5) is 0 Å². The molecule has 1 atom stereocenters. The Morgan fingerprint density at radius 2 is 1.93 bits per heavy atom. The average molecular weight is 187 g/mol. The Bertz CT molecular complexity index is 342. The number of hydrogen-bond donors (Lipinski definition) is 1. The van der Waals surface area contributed by atoms with Crippen molar-refractivity contribution in [2.75, 3.05) is 6.54 Å². The van der Waals surface area contributed by atoms with Crippen LogP contribution in [0, 0.1) is 11.3 Å². The number of benzene rings is 1. The number of rotatable bonds is 2. The topological polar surface area (TPSA) is 53.1 Å². The number of hydrogen-bond acceptors (Lipinski definition) is 3. The van der Waals surface area contributed by atoms with Crippen molar-refractivity contribution in [3.63, 3.8) is 0 Å². The van der Waals surface area contributed by atoms with Crippen LogP contribution in [-0.4, -0.2) is 17.5 Å². The van der Waals surface area contributed by atoms with Crippen LogP contribution in [0.25, 0.3) is 0 Å². The monoisotopic (exact) mass is 187 g/mol. The van der Waals surface area contributed by atoms with Gasteiger partial charge in [-0.2, -0.15) is 5.26 Å². The third kappa shape index (κ3) is 1.77.